The van der Waals surface area contributed by atoms with E-state index in [-0.39, 0.29) is 5.82 Å². The second kappa shape index (κ2) is 6.16. The Balaban J connectivity index is 1.67. The number of fused-ring (bicyclic) bond motifs is 2. The average Bonchev–Trinajstić information content (AvgIpc) is 3.10. The number of rotatable bonds is 4. The molecular formula is C18H18FN5O. The van der Waals surface area contributed by atoms with Gasteiger partial charge in [0.1, 0.15) is 17.9 Å². The van der Waals surface area contributed by atoms with E-state index in [1.165, 1.54) is 12.4 Å². The molecular weight excluding hydrogens is 321 g/mol. The maximum absolute atomic E-state index is 14.3. The average molecular weight is 339 g/mol. The summed E-state index contributed by atoms with van der Waals surface area (Å²) in [6.45, 7) is 6.79. The Morgan fingerprint density at radius 3 is 3.12 bits per heavy atom. The molecule has 4 rings (SSSR count). The highest BCUT2D eigenvalue weighted by Crippen LogP contribution is 2.30. The van der Waals surface area contributed by atoms with Crippen LogP contribution in [0.4, 0.5) is 10.2 Å². The largest absolute Gasteiger partial charge is 0.493 e. The van der Waals surface area contributed by atoms with Gasteiger partial charge < -0.3 is 10.1 Å². The number of nitrogens with one attached hydrogen (secondary N) is 1. The summed E-state index contributed by atoms with van der Waals surface area (Å²) in [5.74, 6) is 1.08. The third-order valence-electron chi connectivity index (χ3n) is 4.33. The van der Waals surface area contributed by atoms with E-state index in [0.29, 0.717) is 30.2 Å². The Bertz CT molecular complexity index is 965. The van der Waals surface area contributed by atoms with E-state index >= 15 is 0 Å². The Morgan fingerprint density at radius 2 is 2.28 bits per heavy atom. The normalized spacial score (nSPS) is 13.4. The number of hydrogen-bond acceptors (Lipinski definition) is 5. The molecule has 0 saturated carbocycles. The number of nitrogens with zero attached hydrogens (tertiary/aromatic N) is 4. The molecule has 2 aromatic heterocycles. The van der Waals surface area contributed by atoms with Crippen molar-refractivity contribution in [2.45, 2.75) is 26.3 Å². The van der Waals surface area contributed by atoms with Crippen LogP contribution in [0.15, 0.2) is 31.2 Å². The summed E-state index contributed by atoms with van der Waals surface area (Å²) < 4.78 is 21.6. The minimum atomic E-state index is -0.243. The number of aromatic nitrogens is 4. The molecule has 0 unspecified atom stereocenters. The van der Waals surface area contributed by atoms with Crippen molar-refractivity contribution in [3.05, 3.63) is 53.9 Å². The number of benzene rings is 1. The van der Waals surface area contributed by atoms with Gasteiger partial charge in [-0.2, -0.15) is 5.10 Å². The lowest BCUT2D eigenvalue weighted by atomic mass is 9.99. The van der Waals surface area contributed by atoms with Gasteiger partial charge in [-0.15, -0.1) is 0 Å². The molecule has 0 amide bonds. The van der Waals surface area contributed by atoms with Crippen LogP contribution in [-0.2, 0) is 13.0 Å². The maximum Gasteiger partial charge on any atom is 0.198 e. The van der Waals surface area contributed by atoms with Gasteiger partial charge in [-0.05, 0) is 37.5 Å². The van der Waals surface area contributed by atoms with Crippen LogP contribution >= 0.6 is 0 Å². The van der Waals surface area contributed by atoms with Crippen LogP contribution in [-0.4, -0.2) is 26.2 Å². The van der Waals surface area contributed by atoms with Gasteiger partial charge >= 0.3 is 0 Å². The van der Waals surface area contributed by atoms with Crippen molar-refractivity contribution in [3.63, 3.8) is 0 Å². The molecule has 6 nitrogen and oxygen atoms in total. The summed E-state index contributed by atoms with van der Waals surface area (Å²) in [5, 5.41) is 7.40. The minimum Gasteiger partial charge on any atom is -0.493 e. The monoisotopic (exact) mass is 339 g/mol. The maximum atomic E-state index is 14.3. The van der Waals surface area contributed by atoms with E-state index in [1.807, 2.05) is 6.92 Å². The fraction of sp³-hybridized carbons (Fsp3) is 0.278. The van der Waals surface area contributed by atoms with Crippen molar-refractivity contribution in [3.8, 4) is 5.75 Å². The Kier molecular flexibility index (Phi) is 3.83. The van der Waals surface area contributed by atoms with Crippen LogP contribution in [0.5, 0.6) is 5.75 Å². The summed E-state index contributed by atoms with van der Waals surface area (Å²) in [6, 6.07) is 3.15. The van der Waals surface area contributed by atoms with Gasteiger partial charge in [0.15, 0.2) is 11.5 Å². The van der Waals surface area contributed by atoms with Crippen LogP contribution in [0.25, 0.3) is 11.2 Å². The molecule has 1 aromatic carbocycles. The first-order chi connectivity index (χ1) is 12.1. The lowest BCUT2D eigenvalue weighted by Gasteiger charge is -2.21. The molecule has 0 atom stereocenters. The van der Waals surface area contributed by atoms with E-state index in [4.69, 9.17) is 4.74 Å². The quantitative estimate of drug-likeness (QED) is 0.790. The fourth-order valence-corrected chi connectivity index (χ4v) is 3.08. The first kappa shape index (κ1) is 15.6. The van der Waals surface area contributed by atoms with E-state index in [0.717, 1.165) is 35.4 Å². The first-order valence-electron chi connectivity index (χ1n) is 8.16. The van der Waals surface area contributed by atoms with Gasteiger partial charge in [-0.1, -0.05) is 6.58 Å². The fourth-order valence-electron chi connectivity index (χ4n) is 3.08. The van der Waals surface area contributed by atoms with Gasteiger partial charge in [-0.25, -0.2) is 18.9 Å². The van der Waals surface area contributed by atoms with Crippen LogP contribution in [0.3, 0.4) is 0 Å². The molecule has 0 saturated heterocycles. The summed E-state index contributed by atoms with van der Waals surface area (Å²) in [5.41, 5.74) is 3.75. The highest BCUT2D eigenvalue weighted by atomic mass is 19.1. The van der Waals surface area contributed by atoms with Crippen LogP contribution < -0.4 is 10.1 Å². The zero-order valence-corrected chi connectivity index (χ0v) is 13.9. The van der Waals surface area contributed by atoms with E-state index in [1.54, 1.807) is 16.8 Å². The number of ether oxygens (including phenoxy) is 1. The predicted molar refractivity (Wildman–Crippen MR) is 93.0 cm³/mol. The van der Waals surface area contributed by atoms with Gasteiger partial charge in [0.05, 0.1) is 18.5 Å². The third kappa shape index (κ3) is 2.71. The highest BCUT2D eigenvalue weighted by molar-refractivity contribution is 5.67. The highest BCUT2D eigenvalue weighted by Gasteiger charge is 2.18. The Hall–Kier alpha value is -2.96. The molecule has 1 aliphatic heterocycles. The summed E-state index contributed by atoms with van der Waals surface area (Å²) in [6.07, 6.45) is 4.86. The van der Waals surface area contributed by atoms with Crippen molar-refractivity contribution in [1.82, 2.24) is 19.6 Å². The van der Waals surface area contributed by atoms with E-state index in [9.17, 15) is 4.39 Å². The van der Waals surface area contributed by atoms with Crippen molar-refractivity contribution in [2.24, 2.45) is 0 Å². The molecule has 0 bridgehead atoms. The molecule has 1 aliphatic rings. The Morgan fingerprint density at radius 1 is 1.40 bits per heavy atom. The zero-order chi connectivity index (χ0) is 17.4. The molecule has 0 aliphatic carbocycles. The second-order valence-electron chi connectivity index (χ2n) is 6.08. The smallest absolute Gasteiger partial charge is 0.198 e. The molecule has 3 aromatic rings. The van der Waals surface area contributed by atoms with Crippen LogP contribution in [0.2, 0.25) is 0 Å². The SMILES string of the molecule is C=C(C)c1cnc(NCc2c(F)ccc3c2CCCO3)c2ncnn12. The molecule has 1 N–H and O–H groups in total. The number of halogens is 1. The lowest BCUT2D eigenvalue weighted by Crippen LogP contribution is -2.14. The third-order valence-corrected chi connectivity index (χ3v) is 4.33. The number of anilines is 1. The zero-order valence-electron chi connectivity index (χ0n) is 13.9. The first-order valence-corrected chi connectivity index (χ1v) is 8.16. The molecule has 128 valence electrons. The lowest BCUT2D eigenvalue weighted by molar-refractivity contribution is 0.286. The molecule has 0 radical (unpaired) electrons. The molecule has 0 fully saturated rings. The van der Waals surface area contributed by atoms with E-state index in [2.05, 4.69) is 27.0 Å². The van der Waals surface area contributed by atoms with Gasteiger partial charge in [-0.3, -0.25) is 0 Å². The number of allylic oxidation sites excluding steroid dienone is 1. The molecule has 7 heteroatoms. The van der Waals surface area contributed by atoms with Gasteiger partial charge in [0.25, 0.3) is 0 Å². The topological polar surface area (TPSA) is 64.3 Å². The van der Waals surface area contributed by atoms with Crippen molar-refractivity contribution in [2.75, 3.05) is 11.9 Å². The summed E-state index contributed by atoms with van der Waals surface area (Å²) in [4.78, 5) is 8.66. The van der Waals surface area contributed by atoms with Crippen LogP contribution in [0.1, 0.15) is 30.2 Å². The second-order valence-corrected chi connectivity index (χ2v) is 6.08. The van der Waals surface area contributed by atoms with Crippen LogP contribution in [0, 0.1) is 5.82 Å². The molecule has 3 heterocycles. The van der Waals surface area contributed by atoms with Gasteiger partial charge in [0.2, 0.25) is 0 Å². The standard InChI is InChI=1S/C18H18FN5O/c1-11(2)15-9-21-17(18-22-10-23-24(15)18)20-8-13-12-4-3-7-25-16(12)6-5-14(13)19/h5-6,9-10H,1,3-4,7-8H2,2H3,(H,20,21). The van der Waals surface area contributed by atoms with Crippen molar-refractivity contribution < 1.29 is 9.13 Å². The van der Waals surface area contributed by atoms with Gasteiger partial charge in [0, 0.05) is 17.7 Å². The summed E-state index contributed by atoms with van der Waals surface area (Å²) >= 11 is 0. The van der Waals surface area contributed by atoms with E-state index < -0.39 is 0 Å². The molecule has 0 spiro atoms. The summed E-state index contributed by atoms with van der Waals surface area (Å²) in [7, 11) is 0. The Labute approximate surface area is 144 Å². The number of hydrogen-bond donors (Lipinski definition) is 1. The van der Waals surface area contributed by atoms with Crippen molar-refractivity contribution >= 4 is 17.0 Å². The molecule has 25 heavy (non-hydrogen) atoms. The minimum absolute atomic E-state index is 0.243. The van der Waals surface area contributed by atoms with Crippen molar-refractivity contribution in [1.29, 1.82) is 0 Å². The predicted octanol–water partition coefficient (Wildman–Crippen LogP) is 3.23.